The summed E-state index contributed by atoms with van der Waals surface area (Å²) in [6, 6.07) is 10.4. The van der Waals surface area contributed by atoms with Gasteiger partial charge in [-0.1, -0.05) is 42.5 Å². The van der Waals surface area contributed by atoms with Gasteiger partial charge < -0.3 is 9.73 Å². The number of piperazine rings is 1. The molecule has 0 spiro atoms. The van der Waals surface area contributed by atoms with E-state index in [1.54, 1.807) is 6.20 Å². The summed E-state index contributed by atoms with van der Waals surface area (Å²) in [5.41, 5.74) is 2.61. The van der Waals surface area contributed by atoms with E-state index in [2.05, 4.69) is 66.7 Å². The topological polar surface area (TPSA) is 90.3 Å². The molecule has 0 aliphatic carbocycles. The summed E-state index contributed by atoms with van der Waals surface area (Å²) in [6.45, 7) is 6.01. The molecule has 0 bridgehead atoms. The van der Waals surface area contributed by atoms with E-state index in [0.29, 0.717) is 24.7 Å². The number of aromatic amines is 1. The highest BCUT2D eigenvalue weighted by atomic mass is 16.3. The van der Waals surface area contributed by atoms with Crippen molar-refractivity contribution in [2.75, 3.05) is 39.3 Å². The maximum Gasteiger partial charge on any atom is 0.273 e. The molecule has 3 aromatic rings. The van der Waals surface area contributed by atoms with E-state index < -0.39 is 0 Å². The maximum atomic E-state index is 12.2. The molecule has 8 nitrogen and oxygen atoms in total. The van der Waals surface area contributed by atoms with Crippen LogP contribution in [0.25, 0.3) is 6.08 Å². The Bertz CT molecular complexity index is 959. The molecule has 0 radical (unpaired) electrons. The third-order valence-electron chi connectivity index (χ3n) is 5.34. The molecule has 1 saturated heterocycles. The van der Waals surface area contributed by atoms with Crippen molar-refractivity contribution in [2.45, 2.75) is 13.0 Å². The third kappa shape index (κ3) is 6.37. The first-order valence-electron chi connectivity index (χ1n) is 10.6. The van der Waals surface area contributed by atoms with E-state index in [4.69, 9.17) is 4.42 Å². The summed E-state index contributed by atoms with van der Waals surface area (Å²) in [7, 11) is 0. The Morgan fingerprint density at radius 1 is 1.16 bits per heavy atom. The second kappa shape index (κ2) is 10.7. The molecule has 1 aromatic carbocycles. The fourth-order valence-corrected chi connectivity index (χ4v) is 3.54. The molecule has 2 aromatic heterocycles. The lowest BCUT2D eigenvalue weighted by molar-refractivity contribution is 0.0949. The molecule has 0 unspecified atom stereocenters. The summed E-state index contributed by atoms with van der Waals surface area (Å²) >= 11 is 0. The fraction of sp³-hybridized carbons (Fsp3) is 0.348. The average molecular weight is 421 g/mol. The number of aromatic nitrogens is 3. The van der Waals surface area contributed by atoms with Crippen molar-refractivity contribution >= 4 is 12.0 Å². The molecule has 1 fully saturated rings. The van der Waals surface area contributed by atoms with Gasteiger partial charge in [0.25, 0.3) is 5.91 Å². The first-order valence-corrected chi connectivity index (χ1v) is 10.6. The number of oxazole rings is 1. The summed E-state index contributed by atoms with van der Waals surface area (Å²) in [5, 5.41) is 9.51. The summed E-state index contributed by atoms with van der Waals surface area (Å²) in [4.78, 5) is 21.3. The number of hydrogen-bond donors (Lipinski definition) is 2. The van der Waals surface area contributed by atoms with Crippen LogP contribution < -0.4 is 5.32 Å². The van der Waals surface area contributed by atoms with Crippen molar-refractivity contribution in [1.82, 2.24) is 30.3 Å². The van der Waals surface area contributed by atoms with Crippen LogP contribution >= 0.6 is 0 Å². The van der Waals surface area contributed by atoms with Crippen LogP contribution in [-0.2, 0) is 13.0 Å². The van der Waals surface area contributed by atoms with Gasteiger partial charge in [0.15, 0.2) is 5.69 Å². The molecule has 3 heterocycles. The molecule has 2 N–H and O–H groups in total. The Kier molecular flexibility index (Phi) is 7.25. The number of benzene rings is 1. The number of carbonyl (C=O) groups is 1. The van der Waals surface area contributed by atoms with Gasteiger partial charge in [0.2, 0.25) is 5.89 Å². The van der Waals surface area contributed by atoms with E-state index in [1.807, 2.05) is 12.3 Å². The minimum atomic E-state index is -0.214. The average Bonchev–Trinajstić information content (AvgIpc) is 3.48. The minimum Gasteiger partial charge on any atom is -0.447 e. The minimum absolute atomic E-state index is 0.214. The van der Waals surface area contributed by atoms with Crippen LogP contribution in [0.3, 0.4) is 0 Å². The van der Waals surface area contributed by atoms with E-state index in [-0.39, 0.29) is 5.91 Å². The smallest absolute Gasteiger partial charge is 0.273 e. The number of nitrogens with zero attached hydrogens (tertiary/aromatic N) is 4. The Morgan fingerprint density at radius 3 is 2.74 bits per heavy atom. The van der Waals surface area contributed by atoms with Crippen LogP contribution in [0.15, 0.2) is 59.5 Å². The molecule has 1 aliphatic rings. The third-order valence-corrected chi connectivity index (χ3v) is 5.34. The zero-order chi connectivity index (χ0) is 21.3. The zero-order valence-corrected chi connectivity index (χ0v) is 17.5. The van der Waals surface area contributed by atoms with Crippen LogP contribution in [-0.4, -0.2) is 70.2 Å². The number of hydrogen-bond acceptors (Lipinski definition) is 6. The fourth-order valence-electron chi connectivity index (χ4n) is 3.54. The normalized spacial score (nSPS) is 15.5. The molecule has 0 atom stereocenters. The number of amides is 1. The number of carbonyl (C=O) groups excluding carboxylic acids is 1. The molecule has 1 amide bonds. The SMILES string of the molecule is O=C(NCCc1cn[nH]c1)c1coc(CN2CCN(C/C=C/c3ccccc3)CC2)n1. The predicted molar refractivity (Wildman–Crippen MR) is 118 cm³/mol. The molecule has 31 heavy (non-hydrogen) atoms. The van der Waals surface area contributed by atoms with Gasteiger partial charge in [-0.05, 0) is 17.5 Å². The lowest BCUT2D eigenvalue weighted by Crippen LogP contribution is -2.45. The second-order valence-electron chi connectivity index (χ2n) is 7.63. The largest absolute Gasteiger partial charge is 0.447 e. The highest BCUT2D eigenvalue weighted by Gasteiger charge is 2.19. The molecule has 4 rings (SSSR count). The summed E-state index contributed by atoms with van der Waals surface area (Å²) in [5.74, 6) is 0.367. The van der Waals surface area contributed by atoms with Gasteiger partial charge in [-0.3, -0.25) is 19.7 Å². The van der Waals surface area contributed by atoms with E-state index in [9.17, 15) is 4.79 Å². The number of nitrogens with one attached hydrogen (secondary N) is 2. The maximum absolute atomic E-state index is 12.2. The Morgan fingerprint density at radius 2 is 1.97 bits per heavy atom. The van der Waals surface area contributed by atoms with Gasteiger partial charge >= 0.3 is 0 Å². The van der Waals surface area contributed by atoms with Gasteiger partial charge in [0.1, 0.15) is 6.26 Å². The van der Waals surface area contributed by atoms with Crippen LogP contribution in [0.2, 0.25) is 0 Å². The highest BCUT2D eigenvalue weighted by molar-refractivity contribution is 5.91. The first kappa shape index (κ1) is 21.0. The van der Waals surface area contributed by atoms with Crippen molar-refractivity contribution in [2.24, 2.45) is 0 Å². The Hall–Kier alpha value is -3.23. The van der Waals surface area contributed by atoms with Crippen molar-refractivity contribution < 1.29 is 9.21 Å². The van der Waals surface area contributed by atoms with Crippen LogP contribution in [0.1, 0.15) is 27.5 Å². The Labute approximate surface area is 182 Å². The first-order chi connectivity index (χ1) is 15.3. The van der Waals surface area contributed by atoms with Gasteiger partial charge in [-0.15, -0.1) is 0 Å². The molecule has 0 saturated carbocycles. The lowest BCUT2D eigenvalue weighted by atomic mass is 10.2. The Balaban J connectivity index is 1.16. The quantitative estimate of drug-likeness (QED) is 0.552. The van der Waals surface area contributed by atoms with Crippen molar-refractivity contribution in [3.8, 4) is 0 Å². The summed E-state index contributed by atoms with van der Waals surface area (Å²) in [6.07, 6.45) is 10.1. The molecule has 8 heteroatoms. The van der Waals surface area contributed by atoms with E-state index in [0.717, 1.165) is 44.7 Å². The molecule has 1 aliphatic heterocycles. The van der Waals surface area contributed by atoms with E-state index >= 15 is 0 Å². The predicted octanol–water partition coefficient (Wildman–Crippen LogP) is 2.20. The number of H-pyrrole nitrogens is 1. The highest BCUT2D eigenvalue weighted by Crippen LogP contribution is 2.10. The lowest BCUT2D eigenvalue weighted by Gasteiger charge is -2.33. The van der Waals surface area contributed by atoms with Crippen molar-refractivity contribution in [1.29, 1.82) is 0 Å². The molecule has 162 valence electrons. The summed E-state index contributed by atoms with van der Waals surface area (Å²) < 4.78 is 5.53. The second-order valence-corrected chi connectivity index (χ2v) is 7.63. The monoisotopic (exact) mass is 420 g/mol. The van der Waals surface area contributed by atoms with Crippen LogP contribution in [0.4, 0.5) is 0 Å². The van der Waals surface area contributed by atoms with E-state index in [1.165, 1.54) is 11.8 Å². The van der Waals surface area contributed by atoms with Crippen LogP contribution in [0.5, 0.6) is 0 Å². The van der Waals surface area contributed by atoms with Gasteiger partial charge in [0, 0.05) is 45.5 Å². The standard InChI is InChI=1S/C23H28N6O2/c30-23(24-9-8-20-15-25-26-16-20)21-18-31-22(27-21)17-29-13-11-28(12-14-29)10-4-7-19-5-2-1-3-6-19/h1-7,15-16,18H,8-14,17H2,(H,24,30)(H,25,26)/b7-4+. The molecular formula is C23H28N6O2. The van der Waals surface area contributed by atoms with Gasteiger partial charge in [-0.25, -0.2) is 4.98 Å². The van der Waals surface area contributed by atoms with Crippen LogP contribution in [0, 0.1) is 0 Å². The van der Waals surface area contributed by atoms with Crippen molar-refractivity contribution in [3.05, 3.63) is 77.8 Å². The van der Waals surface area contributed by atoms with Gasteiger partial charge in [0.05, 0.1) is 12.7 Å². The molecular weight excluding hydrogens is 392 g/mol. The van der Waals surface area contributed by atoms with Crippen molar-refractivity contribution in [3.63, 3.8) is 0 Å². The number of rotatable bonds is 9. The zero-order valence-electron chi connectivity index (χ0n) is 17.5. The van der Waals surface area contributed by atoms with Gasteiger partial charge in [-0.2, -0.15) is 5.10 Å².